The third-order valence-corrected chi connectivity index (χ3v) is 3.74. The molecule has 100 valence electrons. The normalized spacial score (nSPS) is 23.3. The maximum atomic E-state index is 11.8. The van der Waals surface area contributed by atoms with Gasteiger partial charge >= 0.3 is 0 Å². The van der Waals surface area contributed by atoms with E-state index in [1.54, 1.807) is 6.20 Å². The van der Waals surface area contributed by atoms with Crippen LogP contribution in [-0.4, -0.2) is 27.5 Å². The van der Waals surface area contributed by atoms with Gasteiger partial charge in [0.25, 0.3) is 5.56 Å². The number of aliphatic hydroxyl groups is 1. The molecule has 2 unspecified atom stereocenters. The van der Waals surface area contributed by atoms with Crippen LogP contribution in [0.5, 0.6) is 0 Å². The molecule has 1 aliphatic carbocycles. The number of hydrogen-bond donors (Lipinski definition) is 2. The van der Waals surface area contributed by atoms with Crippen LogP contribution in [0.1, 0.15) is 26.2 Å². The summed E-state index contributed by atoms with van der Waals surface area (Å²) in [6.45, 7) is 3.07. The van der Waals surface area contributed by atoms with Crippen molar-refractivity contribution in [2.24, 2.45) is 5.92 Å². The van der Waals surface area contributed by atoms with Crippen LogP contribution in [0.15, 0.2) is 11.0 Å². The molecule has 0 bridgehead atoms. The zero-order valence-electron chi connectivity index (χ0n) is 10.4. The monoisotopic (exact) mass is 271 g/mol. The van der Waals surface area contributed by atoms with Crippen molar-refractivity contribution in [2.75, 3.05) is 11.9 Å². The first kappa shape index (κ1) is 13.4. The molecule has 18 heavy (non-hydrogen) atoms. The lowest BCUT2D eigenvalue weighted by Crippen LogP contribution is -2.24. The van der Waals surface area contributed by atoms with Gasteiger partial charge in [0.15, 0.2) is 0 Å². The molecule has 6 heteroatoms. The molecular formula is C12H18ClN3O2. The fraction of sp³-hybridized carbons (Fsp3) is 0.667. The number of anilines is 1. The van der Waals surface area contributed by atoms with Crippen molar-refractivity contribution in [1.82, 2.24) is 9.78 Å². The van der Waals surface area contributed by atoms with Gasteiger partial charge in [0, 0.05) is 13.1 Å². The molecule has 0 saturated heterocycles. The Morgan fingerprint density at radius 3 is 3.00 bits per heavy atom. The maximum Gasteiger partial charge on any atom is 0.287 e. The Kier molecular flexibility index (Phi) is 4.24. The van der Waals surface area contributed by atoms with Gasteiger partial charge in [-0.2, -0.15) is 5.10 Å². The largest absolute Gasteiger partial charge is 0.393 e. The van der Waals surface area contributed by atoms with Crippen molar-refractivity contribution in [2.45, 2.75) is 38.8 Å². The number of aromatic nitrogens is 2. The minimum Gasteiger partial charge on any atom is -0.393 e. The topological polar surface area (TPSA) is 67.2 Å². The van der Waals surface area contributed by atoms with Gasteiger partial charge in [0.05, 0.1) is 18.0 Å². The van der Waals surface area contributed by atoms with E-state index in [2.05, 4.69) is 10.4 Å². The highest BCUT2D eigenvalue weighted by Gasteiger charge is 2.22. The summed E-state index contributed by atoms with van der Waals surface area (Å²) in [5.41, 5.74) is 0.309. The number of aryl methyl sites for hydroxylation is 1. The van der Waals surface area contributed by atoms with Crippen molar-refractivity contribution in [1.29, 1.82) is 0 Å². The summed E-state index contributed by atoms with van der Waals surface area (Å²) < 4.78 is 1.33. The third kappa shape index (κ3) is 2.84. The van der Waals surface area contributed by atoms with Crippen LogP contribution in [0.3, 0.4) is 0 Å². The first-order valence-corrected chi connectivity index (χ1v) is 6.67. The Morgan fingerprint density at radius 2 is 2.39 bits per heavy atom. The summed E-state index contributed by atoms with van der Waals surface area (Å²) in [6, 6.07) is 0. The number of aliphatic hydroxyl groups excluding tert-OH is 1. The number of halogens is 1. The second kappa shape index (κ2) is 5.71. The molecule has 5 nitrogen and oxygen atoms in total. The zero-order valence-corrected chi connectivity index (χ0v) is 11.2. The molecule has 1 aromatic rings. The van der Waals surface area contributed by atoms with E-state index in [9.17, 15) is 9.90 Å². The molecule has 0 aromatic carbocycles. The second-order valence-electron chi connectivity index (χ2n) is 4.71. The highest BCUT2D eigenvalue weighted by Crippen LogP contribution is 2.26. The van der Waals surface area contributed by atoms with E-state index >= 15 is 0 Å². The van der Waals surface area contributed by atoms with Crippen LogP contribution in [0.4, 0.5) is 5.69 Å². The molecular weight excluding hydrogens is 254 g/mol. The quantitative estimate of drug-likeness (QED) is 0.871. The summed E-state index contributed by atoms with van der Waals surface area (Å²) in [5.74, 6) is 0.435. The summed E-state index contributed by atoms with van der Waals surface area (Å²) in [7, 11) is 0. The second-order valence-corrected chi connectivity index (χ2v) is 5.08. The SMILES string of the molecule is CCn1ncc(NCC2CCC(O)C2)c(Cl)c1=O. The van der Waals surface area contributed by atoms with E-state index in [-0.39, 0.29) is 16.7 Å². The average molecular weight is 272 g/mol. The summed E-state index contributed by atoms with van der Waals surface area (Å²) in [5, 5.41) is 16.8. The number of hydrogen-bond acceptors (Lipinski definition) is 4. The van der Waals surface area contributed by atoms with E-state index in [0.29, 0.717) is 24.7 Å². The lowest BCUT2D eigenvalue weighted by atomic mass is 10.1. The van der Waals surface area contributed by atoms with Gasteiger partial charge in [-0.1, -0.05) is 11.6 Å². The van der Waals surface area contributed by atoms with Crippen molar-refractivity contribution < 1.29 is 5.11 Å². The number of nitrogens with one attached hydrogen (secondary N) is 1. The molecule has 1 aliphatic rings. The fourth-order valence-corrected chi connectivity index (χ4v) is 2.51. The van der Waals surface area contributed by atoms with E-state index in [1.807, 2.05) is 6.92 Å². The first-order chi connectivity index (χ1) is 8.61. The molecule has 0 aliphatic heterocycles. The number of rotatable bonds is 4. The molecule has 1 fully saturated rings. The van der Waals surface area contributed by atoms with Crippen molar-refractivity contribution in [3.05, 3.63) is 21.6 Å². The van der Waals surface area contributed by atoms with Crippen LogP contribution in [-0.2, 0) is 6.54 Å². The smallest absolute Gasteiger partial charge is 0.287 e. The van der Waals surface area contributed by atoms with Gasteiger partial charge in [-0.05, 0) is 32.1 Å². The highest BCUT2D eigenvalue weighted by molar-refractivity contribution is 6.32. The summed E-state index contributed by atoms with van der Waals surface area (Å²) in [6.07, 6.45) is 4.07. The molecule has 1 aromatic heterocycles. The Morgan fingerprint density at radius 1 is 1.61 bits per heavy atom. The molecule has 0 amide bonds. The van der Waals surface area contributed by atoms with Crippen LogP contribution >= 0.6 is 11.6 Å². The van der Waals surface area contributed by atoms with Gasteiger partial charge in [-0.25, -0.2) is 4.68 Å². The lowest BCUT2D eigenvalue weighted by molar-refractivity contribution is 0.178. The van der Waals surface area contributed by atoms with Gasteiger partial charge in [0.2, 0.25) is 0 Å². The minimum atomic E-state index is -0.268. The standard InChI is InChI=1S/C12H18ClN3O2/c1-2-16-12(18)11(13)10(7-15-16)14-6-8-3-4-9(17)5-8/h7-9,14,17H,2-6H2,1H3. The minimum absolute atomic E-state index is 0.182. The number of nitrogens with zero attached hydrogens (tertiary/aromatic N) is 2. The average Bonchev–Trinajstić information content (AvgIpc) is 2.77. The molecule has 2 N–H and O–H groups in total. The molecule has 1 saturated carbocycles. The maximum absolute atomic E-state index is 11.8. The molecule has 1 heterocycles. The summed E-state index contributed by atoms with van der Waals surface area (Å²) in [4.78, 5) is 11.8. The molecule has 0 radical (unpaired) electrons. The van der Waals surface area contributed by atoms with Crippen LogP contribution < -0.4 is 10.9 Å². The highest BCUT2D eigenvalue weighted by atomic mass is 35.5. The van der Waals surface area contributed by atoms with Crippen LogP contribution in [0, 0.1) is 5.92 Å². The van der Waals surface area contributed by atoms with Gasteiger partial charge in [0.1, 0.15) is 5.02 Å². The third-order valence-electron chi connectivity index (χ3n) is 3.38. The predicted molar refractivity (Wildman–Crippen MR) is 71.0 cm³/mol. The molecule has 0 spiro atoms. The lowest BCUT2D eigenvalue weighted by Gasteiger charge is -2.13. The fourth-order valence-electron chi connectivity index (χ4n) is 2.30. The van der Waals surface area contributed by atoms with E-state index in [4.69, 9.17) is 11.6 Å². The Labute approximate surface area is 111 Å². The van der Waals surface area contributed by atoms with E-state index in [1.165, 1.54) is 4.68 Å². The molecule has 2 rings (SSSR count). The van der Waals surface area contributed by atoms with Crippen molar-refractivity contribution >= 4 is 17.3 Å². The van der Waals surface area contributed by atoms with Crippen LogP contribution in [0.25, 0.3) is 0 Å². The van der Waals surface area contributed by atoms with Gasteiger partial charge < -0.3 is 10.4 Å². The summed E-state index contributed by atoms with van der Waals surface area (Å²) >= 11 is 6.01. The Balaban J connectivity index is 2.02. The van der Waals surface area contributed by atoms with Crippen molar-refractivity contribution in [3.8, 4) is 0 Å². The first-order valence-electron chi connectivity index (χ1n) is 6.29. The van der Waals surface area contributed by atoms with Crippen molar-refractivity contribution in [3.63, 3.8) is 0 Å². The van der Waals surface area contributed by atoms with Crippen LogP contribution in [0.2, 0.25) is 5.02 Å². The Hall–Kier alpha value is -1.07. The van der Waals surface area contributed by atoms with E-state index < -0.39 is 0 Å². The zero-order chi connectivity index (χ0) is 13.1. The Bertz CT molecular complexity index is 475. The van der Waals surface area contributed by atoms with Gasteiger partial charge in [-0.15, -0.1) is 0 Å². The predicted octanol–water partition coefficient (Wildman–Crippen LogP) is 1.49. The van der Waals surface area contributed by atoms with Gasteiger partial charge in [-0.3, -0.25) is 4.79 Å². The van der Waals surface area contributed by atoms with E-state index in [0.717, 1.165) is 19.3 Å². The molecule has 2 atom stereocenters.